The van der Waals surface area contributed by atoms with Crippen LogP contribution in [-0.2, 0) is 13.1 Å². The highest BCUT2D eigenvalue weighted by atomic mass is 16.4. The maximum atomic E-state index is 13.5. The molecule has 0 spiro atoms. The van der Waals surface area contributed by atoms with Gasteiger partial charge in [0, 0.05) is 29.7 Å². The number of carbonyl (C=O) groups is 2. The Labute approximate surface area is 255 Å². The molecule has 7 rings (SSSR count). The highest BCUT2D eigenvalue weighted by Gasteiger charge is 2.25. The predicted octanol–water partition coefficient (Wildman–Crippen LogP) is 9.18. The summed E-state index contributed by atoms with van der Waals surface area (Å²) in [5, 5.41) is 8.79. The highest BCUT2D eigenvalue weighted by molar-refractivity contribution is 6.06. The number of fused-ring (bicyclic) bond motifs is 2. The minimum Gasteiger partial charge on any atom is -0.478 e. The van der Waals surface area contributed by atoms with Crippen molar-refractivity contribution < 1.29 is 14.7 Å². The highest BCUT2D eigenvalue weighted by Crippen LogP contribution is 2.34. The molecule has 0 atom stereocenters. The Morgan fingerprint density at radius 1 is 0.605 bits per heavy atom. The fourth-order valence-electron chi connectivity index (χ4n) is 7.09. The summed E-state index contributed by atoms with van der Waals surface area (Å²) in [6.07, 6.45) is 15.2. The van der Waals surface area contributed by atoms with Gasteiger partial charge in [0.05, 0.1) is 12.1 Å². The van der Waals surface area contributed by atoms with Crippen molar-refractivity contribution in [2.45, 2.75) is 89.1 Å². The third-order valence-corrected chi connectivity index (χ3v) is 9.58. The van der Waals surface area contributed by atoms with Crippen molar-refractivity contribution >= 4 is 17.6 Å². The van der Waals surface area contributed by atoms with Crippen molar-refractivity contribution in [1.29, 1.82) is 0 Å². The van der Waals surface area contributed by atoms with E-state index in [0.29, 0.717) is 23.9 Å². The molecule has 1 N–H and O–H groups in total. The fourth-order valence-corrected chi connectivity index (χ4v) is 7.09. The lowest BCUT2D eigenvalue weighted by atomic mass is 9.84. The number of carboxylic acid groups (broad SMARTS) is 1. The summed E-state index contributed by atoms with van der Waals surface area (Å²) < 4.78 is 2.23. The number of aromatic carboxylic acids is 1. The van der Waals surface area contributed by atoms with Crippen LogP contribution in [0, 0.1) is 0 Å². The summed E-state index contributed by atoms with van der Waals surface area (Å²) in [5.41, 5.74) is 7.23. The largest absolute Gasteiger partial charge is 0.478 e. The molecule has 1 amide bonds. The third kappa shape index (κ3) is 6.77. The van der Waals surface area contributed by atoms with E-state index < -0.39 is 5.97 Å². The predicted molar refractivity (Wildman–Crippen MR) is 172 cm³/mol. The van der Waals surface area contributed by atoms with E-state index in [2.05, 4.69) is 53.2 Å². The van der Waals surface area contributed by atoms with Gasteiger partial charge in [0.1, 0.15) is 0 Å². The fraction of sp³-hybridized carbons (Fsp3) is 0.368. The van der Waals surface area contributed by atoms with Crippen LogP contribution in [-0.4, -0.2) is 21.6 Å². The van der Waals surface area contributed by atoms with E-state index in [4.69, 9.17) is 5.11 Å². The molecule has 5 nitrogen and oxygen atoms in total. The van der Waals surface area contributed by atoms with Crippen molar-refractivity contribution in [3.63, 3.8) is 0 Å². The smallest absolute Gasteiger partial charge is 0.335 e. The van der Waals surface area contributed by atoms with Crippen LogP contribution in [0.2, 0.25) is 0 Å². The molecule has 2 saturated carbocycles. The van der Waals surface area contributed by atoms with Gasteiger partial charge in [-0.25, -0.2) is 4.79 Å². The summed E-state index contributed by atoms with van der Waals surface area (Å²) in [6.45, 7) is 1.41. The second-order valence-corrected chi connectivity index (χ2v) is 12.4. The van der Waals surface area contributed by atoms with Crippen molar-refractivity contribution in [3.8, 4) is 0 Å². The quantitative estimate of drug-likeness (QED) is 0.264. The maximum absolute atomic E-state index is 13.5. The number of hydrogen-bond acceptors (Lipinski definition) is 2. The lowest BCUT2D eigenvalue weighted by molar-refractivity contribution is 0.0696. The van der Waals surface area contributed by atoms with Crippen LogP contribution in [0.5, 0.6) is 0 Å². The summed E-state index contributed by atoms with van der Waals surface area (Å²) in [4.78, 5) is 26.1. The van der Waals surface area contributed by atoms with Crippen LogP contribution in [0.1, 0.15) is 119 Å². The molecular weight excluding hydrogens is 532 g/mol. The number of carboxylic acids is 1. The van der Waals surface area contributed by atoms with E-state index >= 15 is 0 Å². The van der Waals surface area contributed by atoms with Gasteiger partial charge in [-0.15, -0.1) is 0 Å². The number of aromatic nitrogens is 1. The van der Waals surface area contributed by atoms with Gasteiger partial charge in [-0.3, -0.25) is 4.79 Å². The van der Waals surface area contributed by atoms with Crippen LogP contribution >= 0.6 is 0 Å². The van der Waals surface area contributed by atoms with E-state index in [1.165, 1.54) is 86.6 Å². The molecule has 1 aliphatic heterocycles. The van der Waals surface area contributed by atoms with Gasteiger partial charge in [0.15, 0.2) is 0 Å². The average Bonchev–Trinajstić information content (AvgIpc) is 3.44. The molecule has 0 unspecified atom stereocenters. The van der Waals surface area contributed by atoms with Gasteiger partial charge < -0.3 is 14.6 Å². The zero-order valence-corrected chi connectivity index (χ0v) is 25.0. The molecule has 0 saturated heterocycles. The van der Waals surface area contributed by atoms with E-state index in [-0.39, 0.29) is 5.91 Å². The van der Waals surface area contributed by atoms with Crippen LogP contribution < -0.4 is 4.90 Å². The van der Waals surface area contributed by atoms with Gasteiger partial charge in [-0.2, -0.15) is 0 Å². The first kappa shape index (κ1) is 29.0. The Kier molecular flexibility index (Phi) is 9.07. The molecule has 43 heavy (non-hydrogen) atoms. The number of hydrogen-bond donors (Lipinski definition) is 1. The van der Waals surface area contributed by atoms with Crippen LogP contribution in [0.3, 0.4) is 0 Å². The van der Waals surface area contributed by atoms with E-state index in [1.54, 1.807) is 12.1 Å². The van der Waals surface area contributed by atoms with Crippen LogP contribution in [0.25, 0.3) is 0 Å². The average molecular weight is 575 g/mol. The molecule has 2 heterocycles. The molecule has 0 bridgehead atoms. The summed E-state index contributed by atoms with van der Waals surface area (Å²) in [5.74, 6) is 0.559. The van der Waals surface area contributed by atoms with Gasteiger partial charge in [0.2, 0.25) is 0 Å². The zero-order chi connectivity index (χ0) is 29.6. The molecule has 2 aliphatic carbocycles. The van der Waals surface area contributed by atoms with Crippen molar-refractivity contribution in [1.82, 2.24) is 4.57 Å². The van der Waals surface area contributed by atoms with E-state index in [9.17, 15) is 9.59 Å². The molecule has 5 heteroatoms. The monoisotopic (exact) mass is 574 g/mol. The number of anilines is 1. The molecular formula is C38H42N2O3. The van der Waals surface area contributed by atoms with Crippen molar-refractivity contribution in [2.24, 2.45) is 0 Å². The van der Waals surface area contributed by atoms with Gasteiger partial charge in [0.25, 0.3) is 5.91 Å². The number of amides is 1. The van der Waals surface area contributed by atoms with Crippen molar-refractivity contribution in [2.75, 3.05) is 4.90 Å². The zero-order valence-electron chi connectivity index (χ0n) is 25.0. The number of para-hydroxylation sites is 1. The topological polar surface area (TPSA) is 62.5 Å². The molecule has 4 aromatic rings. The Morgan fingerprint density at radius 2 is 1.16 bits per heavy atom. The lowest BCUT2D eigenvalue weighted by Crippen LogP contribution is -2.30. The number of nitrogens with zero attached hydrogens (tertiary/aromatic N) is 2. The first-order chi connectivity index (χ1) is 21.1. The normalized spacial score (nSPS) is 17.2. The van der Waals surface area contributed by atoms with E-state index in [1.807, 2.05) is 35.2 Å². The second-order valence-electron chi connectivity index (χ2n) is 12.4. The standard InChI is InChI=1S/C25H26N2O.C13H16O2/c28-25(21-14-12-20(13-15-21)19-7-2-1-3-8-19)27-18-23-10-6-16-26(23)17-22-9-4-5-11-24(22)27;14-13(15)12-8-6-11(7-9-12)10-4-2-1-3-5-10/h4-6,9-16,19H,1-3,7-8,17-18H2;6-10H,1-5H2,(H,14,15). The SMILES string of the molecule is O=C(O)c1ccc(C2CCCCC2)cc1.O=C(c1ccc(C2CCCCC2)cc1)N1Cc2cccn2Cc2ccccc21. The molecule has 222 valence electrons. The minimum absolute atomic E-state index is 0.0808. The first-order valence-electron chi connectivity index (χ1n) is 16.0. The first-order valence-corrected chi connectivity index (χ1v) is 16.0. The molecule has 0 radical (unpaired) electrons. The van der Waals surface area contributed by atoms with Crippen LogP contribution in [0.4, 0.5) is 5.69 Å². The number of rotatable bonds is 4. The number of carbonyl (C=O) groups excluding carboxylic acids is 1. The number of benzene rings is 3. The summed E-state index contributed by atoms with van der Waals surface area (Å²) in [7, 11) is 0. The third-order valence-electron chi connectivity index (χ3n) is 9.58. The summed E-state index contributed by atoms with van der Waals surface area (Å²) >= 11 is 0. The Bertz CT molecular complexity index is 1520. The van der Waals surface area contributed by atoms with Gasteiger partial charge in [-0.05, 0) is 96.7 Å². The molecule has 1 aromatic heterocycles. The van der Waals surface area contributed by atoms with Gasteiger partial charge >= 0.3 is 5.97 Å². The summed E-state index contributed by atoms with van der Waals surface area (Å²) in [6, 6.07) is 28.2. The second kappa shape index (κ2) is 13.5. The Morgan fingerprint density at radius 3 is 1.74 bits per heavy atom. The van der Waals surface area contributed by atoms with E-state index in [0.717, 1.165) is 17.8 Å². The molecule has 3 aromatic carbocycles. The Balaban J connectivity index is 0.000000185. The molecule has 2 fully saturated rings. The minimum atomic E-state index is -0.842. The lowest BCUT2D eigenvalue weighted by Gasteiger charge is -2.24. The Hall–Kier alpha value is -4.12. The van der Waals surface area contributed by atoms with Crippen molar-refractivity contribution in [3.05, 3.63) is 125 Å². The van der Waals surface area contributed by atoms with Gasteiger partial charge in [-0.1, -0.05) is 81.0 Å². The van der Waals surface area contributed by atoms with Crippen LogP contribution in [0.15, 0.2) is 91.1 Å². The molecule has 3 aliphatic rings. The maximum Gasteiger partial charge on any atom is 0.335 e.